The van der Waals surface area contributed by atoms with Crippen molar-refractivity contribution < 1.29 is 0 Å². The summed E-state index contributed by atoms with van der Waals surface area (Å²) in [4.78, 5) is 1.07. The van der Waals surface area contributed by atoms with Crippen LogP contribution in [-0.4, -0.2) is 0 Å². The van der Waals surface area contributed by atoms with Crippen LogP contribution in [0.25, 0.3) is 0 Å². The van der Waals surface area contributed by atoms with Gasteiger partial charge in [0.2, 0.25) is 0 Å². The van der Waals surface area contributed by atoms with Gasteiger partial charge in [-0.05, 0) is 42.4 Å². The Kier molecular flexibility index (Phi) is 6.30. The Balaban J connectivity index is 1.67. The molecule has 0 bridgehead atoms. The second-order valence-electron chi connectivity index (χ2n) is 6.23. The van der Waals surface area contributed by atoms with Gasteiger partial charge < -0.3 is 0 Å². The van der Waals surface area contributed by atoms with Gasteiger partial charge in [0.05, 0.1) is 0 Å². The Bertz CT molecular complexity index is 346. The van der Waals surface area contributed by atoms with Crippen molar-refractivity contribution in [3.05, 3.63) is 29.8 Å². The minimum absolute atomic E-state index is 0.980. The van der Waals surface area contributed by atoms with E-state index in [1.165, 1.54) is 63.4 Å². The number of hydrogen-bond donors (Lipinski definition) is 1. The SMILES string of the molecule is CCCCC1CCC(CCc2ccc(S)cc2)CC1. The van der Waals surface area contributed by atoms with Crippen LogP contribution in [-0.2, 0) is 6.42 Å². The molecule has 0 aliphatic heterocycles. The zero-order valence-corrected chi connectivity index (χ0v) is 13.2. The molecule has 1 aromatic rings. The Labute approximate surface area is 124 Å². The van der Waals surface area contributed by atoms with E-state index in [0.717, 1.165) is 16.7 Å². The monoisotopic (exact) mass is 276 g/mol. The third kappa shape index (κ3) is 5.22. The van der Waals surface area contributed by atoms with Gasteiger partial charge in [0, 0.05) is 4.90 Å². The van der Waals surface area contributed by atoms with Crippen LogP contribution in [0.3, 0.4) is 0 Å². The Morgan fingerprint density at radius 3 is 2.11 bits per heavy atom. The summed E-state index contributed by atoms with van der Waals surface area (Å²) in [6.45, 7) is 2.31. The Hall–Kier alpha value is -0.430. The first kappa shape index (κ1) is 15.0. The molecule has 1 fully saturated rings. The number of hydrogen-bond acceptors (Lipinski definition) is 1. The molecule has 1 saturated carbocycles. The van der Waals surface area contributed by atoms with Crippen LogP contribution in [0, 0.1) is 11.8 Å². The van der Waals surface area contributed by atoms with Crippen molar-refractivity contribution in [2.24, 2.45) is 11.8 Å². The van der Waals surface area contributed by atoms with E-state index in [2.05, 4.69) is 43.8 Å². The van der Waals surface area contributed by atoms with E-state index in [4.69, 9.17) is 0 Å². The molecule has 0 atom stereocenters. The van der Waals surface area contributed by atoms with Crippen LogP contribution in [0.5, 0.6) is 0 Å². The van der Waals surface area contributed by atoms with E-state index in [-0.39, 0.29) is 0 Å². The smallest absolute Gasteiger partial charge is 0.00401 e. The van der Waals surface area contributed by atoms with Crippen LogP contribution < -0.4 is 0 Å². The molecule has 1 aliphatic carbocycles. The molecule has 0 radical (unpaired) electrons. The summed E-state index contributed by atoms with van der Waals surface area (Å²) in [5, 5.41) is 0. The van der Waals surface area contributed by atoms with Gasteiger partial charge in [0.1, 0.15) is 0 Å². The lowest BCUT2D eigenvalue weighted by atomic mass is 9.78. The van der Waals surface area contributed by atoms with Gasteiger partial charge in [-0.1, -0.05) is 64.0 Å². The third-order valence-electron chi connectivity index (χ3n) is 4.71. The standard InChI is InChI=1S/C18H28S/c1-2-3-4-15-5-7-16(8-6-15)9-10-17-11-13-18(19)14-12-17/h11-16,19H,2-10H2,1H3. The van der Waals surface area contributed by atoms with Crippen molar-refractivity contribution >= 4 is 12.6 Å². The van der Waals surface area contributed by atoms with E-state index >= 15 is 0 Å². The Morgan fingerprint density at radius 1 is 0.947 bits per heavy atom. The highest BCUT2D eigenvalue weighted by atomic mass is 32.1. The Morgan fingerprint density at radius 2 is 1.53 bits per heavy atom. The molecule has 0 spiro atoms. The molecule has 0 nitrogen and oxygen atoms in total. The number of benzene rings is 1. The van der Waals surface area contributed by atoms with Crippen molar-refractivity contribution in [1.82, 2.24) is 0 Å². The number of unbranched alkanes of at least 4 members (excludes halogenated alkanes) is 1. The van der Waals surface area contributed by atoms with Gasteiger partial charge in [-0.25, -0.2) is 0 Å². The zero-order chi connectivity index (χ0) is 13.5. The highest BCUT2D eigenvalue weighted by Gasteiger charge is 2.20. The molecule has 1 aliphatic rings. The zero-order valence-electron chi connectivity index (χ0n) is 12.3. The van der Waals surface area contributed by atoms with Crippen molar-refractivity contribution in [1.29, 1.82) is 0 Å². The quantitative estimate of drug-likeness (QED) is 0.614. The molecule has 0 amide bonds. The minimum Gasteiger partial charge on any atom is -0.143 e. The number of thiol groups is 1. The second kappa shape index (κ2) is 7.99. The van der Waals surface area contributed by atoms with Gasteiger partial charge in [-0.2, -0.15) is 0 Å². The van der Waals surface area contributed by atoms with Gasteiger partial charge in [-0.15, -0.1) is 12.6 Å². The van der Waals surface area contributed by atoms with Crippen LogP contribution in [0.4, 0.5) is 0 Å². The second-order valence-corrected chi connectivity index (χ2v) is 6.75. The van der Waals surface area contributed by atoms with E-state index in [1.54, 1.807) is 0 Å². The van der Waals surface area contributed by atoms with Gasteiger partial charge in [-0.3, -0.25) is 0 Å². The van der Waals surface area contributed by atoms with Crippen LogP contribution >= 0.6 is 12.6 Å². The molecule has 1 aromatic carbocycles. The summed E-state index contributed by atoms with van der Waals surface area (Å²) in [6.07, 6.45) is 12.8. The van der Waals surface area contributed by atoms with Gasteiger partial charge in [0.15, 0.2) is 0 Å². The topological polar surface area (TPSA) is 0 Å². The fourth-order valence-electron chi connectivity index (χ4n) is 3.34. The minimum atomic E-state index is 0.980. The molecule has 0 heterocycles. The molecule has 0 saturated heterocycles. The number of rotatable bonds is 6. The molecule has 0 aromatic heterocycles. The lowest BCUT2D eigenvalue weighted by molar-refractivity contribution is 0.250. The molecule has 0 N–H and O–H groups in total. The van der Waals surface area contributed by atoms with Crippen molar-refractivity contribution in [3.8, 4) is 0 Å². The predicted octanol–water partition coefficient (Wildman–Crippen LogP) is 5.90. The number of aryl methyl sites for hydroxylation is 1. The first-order valence-electron chi connectivity index (χ1n) is 8.06. The predicted molar refractivity (Wildman–Crippen MR) is 87.0 cm³/mol. The molecule has 2 rings (SSSR count). The average molecular weight is 276 g/mol. The summed E-state index contributed by atoms with van der Waals surface area (Å²) < 4.78 is 0. The third-order valence-corrected chi connectivity index (χ3v) is 5.01. The summed E-state index contributed by atoms with van der Waals surface area (Å²) >= 11 is 4.34. The molecule has 1 heteroatoms. The van der Waals surface area contributed by atoms with Crippen molar-refractivity contribution in [3.63, 3.8) is 0 Å². The summed E-state index contributed by atoms with van der Waals surface area (Å²) in [5.74, 6) is 2.02. The first-order valence-corrected chi connectivity index (χ1v) is 8.50. The lowest BCUT2D eigenvalue weighted by Gasteiger charge is -2.28. The lowest BCUT2D eigenvalue weighted by Crippen LogP contribution is -2.15. The van der Waals surface area contributed by atoms with Crippen LogP contribution in [0.15, 0.2) is 29.2 Å². The molecule has 0 unspecified atom stereocenters. The molecule has 19 heavy (non-hydrogen) atoms. The maximum absolute atomic E-state index is 4.34. The van der Waals surface area contributed by atoms with Crippen LogP contribution in [0.2, 0.25) is 0 Å². The van der Waals surface area contributed by atoms with E-state index in [0.29, 0.717) is 0 Å². The molecular formula is C18H28S. The largest absolute Gasteiger partial charge is 0.143 e. The van der Waals surface area contributed by atoms with Crippen LogP contribution in [0.1, 0.15) is 63.9 Å². The average Bonchev–Trinajstić information content (AvgIpc) is 2.46. The maximum atomic E-state index is 4.34. The highest BCUT2D eigenvalue weighted by Crippen LogP contribution is 2.34. The molecular weight excluding hydrogens is 248 g/mol. The normalized spacial score (nSPS) is 23.5. The van der Waals surface area contributed by atoms with Gasteiger partial charge >= 0.3 is 0 Å². The maximum Gasteiger partial charge on any atom is 0.00401 e. The van der Waals surface area contributed by atoms with Crippen molar-refractivity contribution in [2.75, 3.05) is 0 Å². The first-order chi connectivity index (χ1) is 9.28. The summed E-state index contributed by atoms with van der Waals surface area (Å²) in [5.41, 5.74) is 1.48. The highest BCUT2D eigenvalue weighted by molar-refractivity contribution is 7.80. The van der Waals surface area contributed by atoms with E-state index in [9.17, 15) is 0 Å². The summed E-state index contributed by atoms with van der Waals surface area (Å²) in [7, 11) is 0. The van der Waals surface area contributed by atoms with E-state index < -0.39 is 0 Å². The molecule has 106 valence electrons. The fourth-order valence-corrected chi connectivity index (χ4v) is 3.48. The fraction of sp³-hybridized carbons (Fsp3) is 0.667. The van der Waals surface area contributed by atoms with E-state index in [1.807, 2.05) is 0 Å². The van der Waals surface area contributed by atoms with Gasteiger partial charge in [0.25, 0.3) is 0 Å². The summed E-state index contributed by atoms with van der Waals surface area (Å²) in [6, 6.07) is 8.69. The van der Waals surface area contributed by atoms with Crippen molar-refractivity contribution in [2.45, 2.75) is 69.6 Å².